The molecule has 0 aliphatic heterocycles. The zero-order chi connectivity index (χ0) is 14.0. The van der Waals surface area contributed by atoms with Crippen LogP contribution in [0.1, 0.15) is 19.3 Å². The van der Waals surface area contributed by atoms with E-state index in [0.717, 1.165) is 31.4 Å². The summed E-state index contributed by atoms with van der Waals surface area (Å²) in [5.74, 6) is -1.67. The number of nitrogens with one attached hydrogen (secondary N) is 1. The van der Waals surface area contributed by atoms with Crippen LogP contribution in [0, 0.1) is 17.6 Å². The first-order valence-electron chi connectivity index (χ1n) is 5.99. The predicted molar refractivity (Wildman–Crippen MR) is 71.6 cm³/mol. The Balaban J connectivity index is 2.09. The summed E-state index contributed by atoms with van der Waals surface area (Å²) in [7, 11) is -3.93. The molecule has 0 bridgehead atoms. The van der Waals surface area contributed by atoms with E-state index in [2.05, 4.69) is 20.7 Å². The average molecular weight is 354 g/mol. The van der Waals surface area contributed by atoms with Gasteiger partial charge < -0.3 is 0 Å². The lowest BCUT2D eigenvalue weighted by molar-refractivity contribution is 0.518. The number of sulfonamides is 1. The van der Waals surface area contributed by atoms with E-state index in [-0.39, 0.29) is 17.3 Å². The molecule has 1 N–H and O–H groups in total. The van der Waals surface area contributed by atoms with Crippen molar-refractivity contribution in [3.63, 3.8) is 0 Å². The van der Waals surface area contributed by atoms with Gasteiger partial charge in [0.1, 0.15) is 16.5 Å². The fourth-order valence-electron chi connectivity index (χ4n) is 2.21. The summed E-state index contributed by atoms with van der Waals surface area (Å²) in [5.41, 5.74) is 0. The first kappa shape index (κ1) is 14.9. The minimum atomic E-state index is -3.93. The van der Waals surface area contributed by atoms with E-state index in [1.807, 2.05) is 0 Å². The summed E-state index contributed by atoms with van der Waals surface area (Å²) in [5, 5.41) is 0. The predicted octanol–water partition coefficient (Wildman–Crippen LogP) is 2.81. The smallest absolute Gasteiger partial charge is 0.211 e. The maximum Gasteiger partial charge on any atom is 0.243 e. The quantitative estimate of drug-likeness (QED) is 0.846. The molecule has 1 aliphatic rings. The Morgan fingerprint density at radius 3 is 2.63 bits per heavy atom. The van der Waals surface area contributed by atoms with Gasteiger partial charge in [-0.15, -0.1) is 0 Å². The summed E-state index contributed by atoms with van der Waals surface area (Å²) in [4.78, 5) is -0.230. The Morgan fingerprint density at radius 2 is 2.05 bits per heavy atom. The Kier molecular flexibility index (Phi) is 4.58. The van der Waals surface area contributed by atoms with E-state index in [4.69, 9.17) is 0 Å². The van der Waals surface area contributed by atoms with E-state index in [9.17, 15) is 17.2 Å². The van der Waals surface area contributed by atoms with Gasteiger partial charge in [0.05, 0.1) is 0 Å². The minimum absolute atomic E-state index is 0.207. The van der Waals surface area contributed by atoms with Gasteiger partial charge in [-0.1, -0.05) is 22.4 Å². The van der Waals surface area contributed by atoms with E-state index >= 15 is 0 Å². The minimum Gasteiger partial charge on any atom is -0.211 e. The molecule has 1 aromatic rings. The van der Waals surface area contributed by atoms with Crippen molar-refractivity contribution in [2.24, 2.45) is 5.92 Å². The van der Waals surface area contributed by atoms with Gasteiger partial charge in [0.2, 0.25) is 10.0 Å². The molecule has 0 aromatic heterocycles. The summed E-state index contributed by atoms with van der Waals surface area (Å²) in [6.07, 6.45) is 2.99. The van der Waals surface area contributed by atoms with Crippen molar-refractivity contribution in [3.8, 4) is 0 Å². The first-order valence-corrected chi connectivity index (χ1v) is 8.39. The van der Waals surface area contributed by atoms with Crippen molar-refractivity contribution in [2.75, 3.05) is 6.54 Å². The summed E-state index contributed by atoms with van der Waals surface area (Å²) in [6.45, 7) is 0.259. The van der Waals surface area contributed by atoms with E-state index < -0.39 is 26.6 Å². The lowest BCUT2D eigenvalue weighted by Gasteiger charge is -2.15. The van der Waals surface area contributed by atoms with Crippen LogP contribution in [0.2, 0.25) is 0 Å². The highest BCUT2D eigenvalue weighted by atomic mass is 79.9. The molecule has 0 radical (unpaired) electrons. The van der Waals surface area contributed by atoms with Crippen LogP contribution in [0.3, 0.4) is 0 Å². The van der Waals surface area contributed by atoms with Crippen LogP contribution in [0.15, 0.2) is 23.1 Å². The molecule has 1 saturated carbocycles. The van der Waals surface area contributed by atoms with E-state index in [1.54, 1.807) is 0 Å². The number of alkyl halides is 1. The molecule has 0 spiro atoms. The number of halogens is 3. The molecule has 0 saturated heterocycles. The number of hydrogen-bond donors (Lipinski definition) is 1. The van der Waals surface area contributed by atoms with Crippen molar-refractivity contribution >= 4 is 26.0 Å². The van der Waals surface area contributed by atoms with Gasteiger partial charge in [-0.25, -0.2) is 21.9 Å². The van der Waals surface area contributed by atoms with Crippen LogP contribution in [0.25, 0.3) is 0 Å². The average Bonchev–Trinajstić information content (AvgIpc) is 2.72. The van der Waals surface area contributed by atoms with Crippen molar-refractivity contribution in [3.05, 3.63) is 29.8 Å². The monoisotopic (exact) mass is 353 g/mol. The van der Waals surface area contributed by atoms with Gasteiger partial charge in [-0.05, 0) is 30.9 Å². The molecular formula is C12H14BrF2NO2S. The van der Waals surface area contributed by atoms with Gasteiger partial charge in [-0.2, -0.15) is 0 Å². The van der Waals surface area contributed by atoms with Crippen LogP contribution >= 0.6 is 15.9 Å². The van der Waals surface area contributed by atoms with Crippen molar-refractivity contribution < 1.29 is 17.2 Å². The SMILES string of the molecule is O=S(=O)(NCC1CCCC1Br)c1ccc(F)cc1F. The third kappa shape index (κ3) is 3.52. The van der Waals surface area contributed by atoms with Crippen LogP contribution in [0.4, 0.5) is 8.78 Å². The molecule has 0 heterocycles. The molecule has 2 rings (SSSR count). The highest BCUT2D eigenvalue weighted by molar-refractivity contribution is 9.09. The van der Waals surface area contributed by atoms with Crippen molar-refractivity contribution in [1.29, 1.82) is 0 Å². The fraction of sp³-hybridized carbons (Fsp3) is 0.500. The number of benzene rings is 1. The number of rotatable bonds is 4. The number of hydrogen-bond acceptors (Lipinski definition) is 2. The molecule has 0 amide bonds. The molecule has 106 valence electrons. The molecule has 3 nitrogen and oxygen atoms in total. The largest absolute Gasteiger partial charge is 0.243 e. The summed E-state index contributed by atoms with van der Waals surface area (Å²) >= 11 is 3.49. The second-order valence-corrected chi connectivity index (χ2v) is 7.55. The highest BCUT2D eigenvalue weighted by Crippen LogP contribution is 2.31. The Bertz CT molecular complexity index is 565. The molecule has 1 fully saturated rings. The van der Waals surface area contributed by atoms with Gasteiger partial charge in [0.15, 0.2) is 0 Å². The molecule has 19 heavy (non-hydrogen) atoms. The van der Waals surface area contributed by atoms with Gasteiger partial charge in [0.25, 0.3) is 0 Å². The fourth-order valence-corrected chi connectivity index (χ4v) is 4.14. The Labute approximate surface area is 119 Å². The van der Waals surface area contributed by atoms with Crippen LogP contribution in [-0.4, -0.2) is 19.8 Å². The molecule has 1 aliphatic carbocycles. The molecular weight excluding hydrogens is 340 g/mol. The zero-order valence-electron chi connectivity index (χ0n) is 10.1. The molecule has 2 atom stereocenters. The van der Waals surface area contributed by atoms with Gasteiger partial charge in [0, 0.05) is 17.4 Å². The molecule has 7 heteroatoms. The first-order chi connectivity index (χ1) is 8.90. The van der Waals surface area contributed by atoms with E-state index in [1.165, 1.54) is 0 Å². The Morgan fingerprint density at radius 1 is 1.32 bits per heavy atom. The standard InChI is InChI=1S/C12H14BrF2NO2S/c13-10-3-1-2-8(10)7-16-19(17,18)12-5-4-9(14)6-11(12)15/h4-6,8,10,16H,1-3,7H2. The lowest BCUT2D eigenvalue weighted by atomic mass is 10.1. The topological polar surface area (TPSA) is 46.2 Å². The van der Waals surface area contributed by atoms with Gasteiger partial charge >= 0.3 is 0 Å². The van der Waals surface area contributed by atoms with Crippen molar-refractivity contribution in [1.82, 2.24) is 4.72 Å². The molecule has 1 aromatic carbocycles. The lowest BCUT2D eigenvalue weighted by Crippen LogP contribution is -2.31. The maximum atomic E-state index is 13.5. The van der Waals surface area contributed by atoms with E-state index in [0.29, 0.717) is 6.07 Å². The summed E-state index contributed by atoms with van der Waals surface area (Å²) < 4.78 is 52.5. The van der Waals surface area contributed by atoms with Crippen molar-refractivity contribution in [2.45, 2.75) is 29.0 Å². The zero-order valence-corrected chi connectivity index (χ0v) is 12.5. The second-order valence-electron chi connectivity index (χ2n) is 4.63. The third-order valence-corrected chi connectivity index (χ3v) is 5.95. The second kappa shape index (κ2) is 5.85. The molecule has 2 unspecified atom stereocenters. The Hall–Kier alpha value is -0.530. The third-order valence-electron chi connectivity index (χ3n) is 3.29. The van der Waals surface area contributed by atoms with Crippen LogP contribution in [-0.2, 0) is 10.0 Å². The maximum absolute atomic E-state index is 13.5. The van der Waals surface area contributed by atoms with Gasteiger partial charge in [-0.3, -0.25) is 0 Å². The normalized spacial score (nSPS) is 23.7. The van der Waals surface area contributed by atoms with Crippen LogP contribution in [0.5, 0.6) is 0 Å². The summed E-state index contributed by atoms with van der Waals surface area (Å²) in [6, 6.07) is 2.44. The van der Waals surface area contributed by atoms with Crippen LogP contribution < -0.4 is 4.72 Å². The highest BCUT2D eigenvalue weighted by Gasteiger charge is 2.27.